The highest BCUT2D eigenvalue weighted by Gasteiger charge is 2.45. The Balaban J connectivity index is 2.04. The van der Waals surface area contributed by atoms with Crippen molar-refractivity contribution in [3.8, 4) is 0 Å². The third-order valence-electron chi connectivity index (χ3n) is 3.86. The largest absolute Gasteiger partial charge is 0.409 e. The number of rotatable bonds is 4. The topological polar surface area (TPSA) is 87.7 Å². The molecular formula is C14H18ClN3O2. The molecule has 0 heterocycles. The second-order valence-corrected chi connectivity index (χ2v) is 5.52. The van der Waals surface area contributed by atoms with Crippen molar-refractivity contribution in [2.24, 2.45) is 16.3 Å². The summed E-state index contributed by atoms with van der Waals surface area (Å²) in [7, 11) is 0. The predicted molar refractivity (Wildman–Crippen MR) is 77.6 cm³/mol. The molecule has 1 aliphatic carbocycles. The van der Waals surface area contributed by atoms with E-state index < -0.39 is 5.41 Å². The molecule has 5 nitrogen and oxygen atoms in total. The molecule has 2 rings (SSSR count). The SMILES string of the molecule is NC(=NO)C1(C(=O)NCc2ccc(Cl)cc2)CCCC1. The summed E-state index contributed by atoms with van der Waals surface area (Å²) in [5, 5.41) is 15.5. The summed E-state index contributed by atoms with van der Waals surface area (Å²) in [4.78, 5) is 12.4. The van der Waals surface area contributed by atoms with Gasteiger partial charge in [-0.3, -0.25) is 4.79 Å². The maximum absolute atomic E-state index is 12.4. The van der Waals surface area contributed by atoms with E-state index in [1.165, 1.54) is 0 Å². The molecule has 0 bridgehead atoms. The minimum absolute atomic E-state index is 0.00334. The first-order valence-electron chi connectivity index (χ1n) is 6.59. The van der Waals surface area contributed by atoms with Gasteiger partial charge in [0, 0.05) is 11.6 Å². The second-order valence-electron chi connectivity index (χ2n) is 5.08. The van der Waals surface area contributed by atoms with Crippen molar-refractivity contribution in [3.63, 3.8) is 0 Å². The molecular weight excluding hydrogens is 278 g/mol. The number of carbonyl (C=O) groups excluding carboxylic acids is 1. The van der Waals surface area contributed by atoms with Gasteiger partial charge in [0.25, 0.3) is 0 Å². The zero-order chi connectivity index (χ0) is 14.6. The number of amides is 1. The maximum Gasteiger partial charge on any atom is 0.234 e. The summed E-state index contributed by atoms with van der Waals surface area (Å²) in [5.41, 5.74) is 5.82. The van der Waals surface area contributed by atoms with Crippen molar-refractivity contribution in [3.05, 3.63) is 34.9 Å². The van der Waals surface area contributed by atoms with Crippen molar-refractivity contribution in [2.75, 3.05) is 0 Å². The van der Waals surface area contributed by atoms with Crippen LogP contribution in [0.15, 0.2) is 29.4 Å². The lowest BCUT2D eigenvalue weighted by molar-refractivity contribution is -0.127. The van der Waals surface area contributed by atoms with Gasteiger partial charge in [0.2, 0.25) is 5.91 Å². The third kappa shape index (κ3) is 2.88. The van der Waals surface area contributed by atoms with Crippen LogP contribution >= 0.6 is 11.6 Å². The summed E-state index contributed by atoms with van der Waals surface area (Å²) in [6, 6.07) is 7.26. The zero-order valence-corrected chi connectivity index (χ0v) is 11.9. The highest BCUT2D eigenvalue weighted by molar-refractivity contribution is 6.30. The average Bonchev–Trinajstić information content (AvgIpc) is 2.96. The van der Waals surface area contributed by atoms with Crippen molar-refractivity contribution in [2.45, 2.75) is 32.2 Å². The van der Waals surface area contributed by atoms with Gasteiger partial charge in [-0.1, -0.05) is 41.7 Å². The van der Waals surface area contributed by atoms with Crippen LogP contribution in [0.4, 0.5) is 0 Å². The Morgan fingerprint density at radius 3 is 2.50 bits per heavy atom. The summed E-state index contributed by atoms with van der Waals surface area (Å²) in [6.45, 7) is 0.399. The van der Waals surface area contributed by atoms with Crippen LogP contribution in [-0.4, -0.2) is 17.0 Å². The van der Waals surface area contributed by atoms with Gasteiger partial charge in [-0.25, -0.2) is 0 Å². The van der Waals surface area contributed by atoms with E-state index in [0.29, 0.717) is 24.4 Å². The molecule has 1 aromatic carbocycles. The van der Waals surface area contributed by atoms with E-state index >= 15 is 0 Å². The molecule has 0 unspecified atom stereocenters. The first-order chi connectivity index (χ1) is 9.58. The van der Waals surface area contributed by atoms with E-state index in [-0.39, 0.29) is 11.7 Å². The quantitative estimate of drug-likeness (QED) is 0.344. The molecule has 108 valence electrons. The number of hydrogen-bond acceptors (Lipinski definition) is 3. The van der Waals surface area contributed by atoms with Gasteiger partial charge in [-0.2, -0.15) is 0 Å². The van der Waals surface area contributed by atoms with Crippen LogP contribution < -0.4 is 11.1 Å². The minimum Gasteiger partial charge on any atom is -0.409 e. The number of oxime groups is 1. The molecule has 0 spiro atoms. The van der Waals surface area contributed by atoms with E-state index in [0.717, 1.165) is 18.4 Å². The average molecular weight is 296 g/mol. The lowest BCUT2D eigenvalue weighted by atomic mass is 9.83. The lowest BCUT2D eigenvalue weighted by Gasteiger charge is -2.26. The molecule has 6 heteroatoms. The molecule has 1 fully saturated rings. The summed E-state index contributed by atoms with van der Waals surface area (Å²) >= 11 is 5.81. The number of carbonyl (C=O) groups is 1. The Kier molecular flexibility index (Phi) is 4.49. The van der Waals surface area contributed by atoms with E-state index in [1.807, 2.05) is 12.1 Å². The fraction of sp³-hybridized carbons (Fsp3) is 0.429. The van der Waals surface area contributed by atoms with Crippen LogP contribution in [0.1, 0.15) is 31.2 Å². The number of nitrogens with zero attached hydrogens (tertiary/aromatic N) is 1. The van der Waals surface area contributed by atoms with E-state index in [9.17, 15) is 4.79 Å². The fourth-order valence-electron chi connectivity index (χ4n) is 2.63. The Bertz CT molecular complexity index is 508. The van der Waals surface area contributed by atoms with Gasteiger partial charge >= 0.3 is 0 Å². The van der Waals surface area contributed by atoms with Crippen LogP contribution in [0, 0.1) is 5.41 Å². The normalized spacial score (nSPS) is 17.9. The first kappa shape index (κ1) is 14.7. The lowest BCUT2D eigenvalue weighted by Crippen LogP contribution is -2.48. The Morgan fingerprint density at radius 1 is 1.35 bits per heavy atom. The molecule has 0 saturated heterocycles. The number of benzene rings is 1. The molecule has 0 atom stereocenters. The summed E-state index contributed by atoms with van der Waals surface area (Å²) in [5.74, 6) is -0.177. The van der Waals surface area contributed by atoms with Crippen molar-refractivity contribution < 1.29 is 10.0 Å². The van der Waals surface area contributed by atoms with Crippen LogP contribution in [0.2, 0.25) is 5.02 Å². The van der Waals surface area contributed by atoms with Crippen LogP contribution in [0.25, 0.3) is 0 Å². The Hall–Kier alpha value is -1.75. The maximum atomic E-state index is 12.4. The molecule has 0 aromatic heterocycles. The van der Waals surface area contributed by atoms with Gasteiger partial charge in [-0.05, 0) is 30.5 Å². The molecule has 1 aliphatic rings. The van der Waals surface area contributed by atoms with Crippen LogP contribution in [-0.2, 0) is 11.3 Å². The molecule has 1 amide bonds. The minimum atomic E-state index is -0.860. The Labute approximate surface area is 122 Å². The molecule has 0 aliphatic heterocycles. The number of nitrogens with one attached hydrogen (secondary N) is 1. The fourth-order valence-corrected chi connectivity index (χ4v) is 2.75. The molecule has 1 aromatic rings. The second kappa shape index (κ2) is 6.13. The number of halogens is 1. The monoisotopic (exact) mass is 295 g/mol. The van der Waals surface area contributed by atoms with E-state index in [4.69, 9.17) is 22.5 Å². The van der Waals surface area contributed by atoms with Crippen LogP contribution in [0.5, 0.6) is 0 Å². The van der Waals surface area contributed by atoms with Gasteiger partial charge in [0.1, 0.15) is 5.41 Å². The van der Waals surface area contributed by atoms with E-state index in [2.05, 4.69) is 10.5 Å². The standard InChI is InChI=1S/C14H18ClN3O2/c15-11-5-3-10(4-6-11)9-17-13(19)14(12(16)18-20)7-1-2-8-14/h3-6,20H,1-2,7-9H2,(H2,16,18)(H,17,19). The number of amidine groups is 1. The first-order valence-corrected chi connectivity index (χ1v) is 6.97. The van der Waals surface area contributed by atoms with Gasteiger partial charge in [-0.15, -0.1) is 0 Å². The zero-order valence-electron chi connectivity index (χ0n) is 11.1. The van der Waals surface area contributed by atoms with Gasteiger partial charge in [0.15, 0.2) is 5.84 Å². The molecule has 1 saturated carbocycles. The van der Waals surface area contributed by atoms with Crippen molar-refractivity contribution in [1.29, 1.82) is 0 Å². The van der Waals surface area contributed by atoms with Gasteiger partial charge in [0.05, 0.1) is 0 Å². The third-order valence-corrected chi connectivity index (χ3v) is 4.11. The summed E-state index contributed by atoms with van der Waals surface area (Å²) < 4.78 is 0. The molecule has 4 N–H and O–H groups in total. The number of hydrogen-bond donors (Lipinski definition) is 3. The van der Waals surface area contributed by atoms with E-state index in [1.54, 1.807) is 12.1 Å². The van der Waals surface area contributed by atoms with Crippen LogP contribution in [0.3, 0.4) is 0 Å². The highest BCUT2D eigenvalue weighted by atomic mass is 35.5. The van der Waals surface area contributed by atoms with Crippen molar-refractivity contribution in [1.82, 2.24) is 5.32 Å². The highest BCUT2D eigenvalue weighted by Crippen LogP contribution is 2.38. The van der Waals surface area contributed by atoms with Crippen molar-refractivity contribution >= 4 is 23.3 Å². The summed E-state index contributed by atoms with van der Waals surface area (Å²) in [6.07, 6.45) is 3.06. The number of nitrogens with two attached hydrogens (primary N) is 1. The smallest absolute Gasteiger partial charge is 0.234 e. The molecule has 0 radical (unpaired) electrons. The molecule has 20 heavy (non-hydrogen) atoms. The predicted octanol–water partition coefficient (Wildman–Crippen LogP) is 2.26. The Morgan fingerprint density at radius 2 is 1.95 bits per heavy atom. The van der Waals surface area contributed by atoms with Gasteiger partial charge < -0.3 is 16.3 Å².